The van der Waals surface area contributed by atoms with Gasteiger partial charge in [0.15, 0.2) is 0 Å². The molecule has 2 nitrogen and oxygen atoms in total. The van der Waals surface area contributed by atoms with Gasteiger partial charge in [-0.15, -0.1) is 0 Å². The average Bonchev–Trinajstić information content (AvgIpc) is 2.25. The number of likely N-dealkylation sites (N-methyl/N-ethyl adjacent to an activating group) is 2. The Hall–Kier alpha value is -0.0800. The van der Waals surface area contributed by atoms with Crippen LogP contribution in [0.25, 0.3) is 0 Å². The van der Waals surface area contributed by atoms with E-state index >= 15 is 0 Å². The Morgan fingerprint density at radius 1 is 0.846 bits per heavy atom. The number of rotatable bonds is 1. The Bertz CT molecular complexity index is 76.2. The molecule has 1 fully saturated rings. The van der Waals surface area contributed by atoms with Crippen LogP contribution in [0.1, 0.15) is 34.6 Å². The average molecular weight is 188 g/mol. The highest BCUT2D eigenvalue weighted by molar-refractivity contribution is 4.66. The summed E-state index contributed by atoms with van der Waals surface area (Å²) in [5, 5.41) is 0. The third kappa shape index (κ3) is 8.26. The molecule has 0 saturated carbocycles. The standard InChI is InChI=1S/C7H16N2.2C2H6/c1-3-9-6-4-8(2)5-7-9;2*1-2/h3-7H2,1-2H3;2*1-2H3. The van der Waals surface area contributed by atoms with E-state index < -0.39 is 0 Å². The van der Waals surface area contributed by atoms with Crippen LogP contribution in [-0.4, -0.2) is 49.6 Å². The molecule has 1 aliphatic heterocycles. The molecule has 0 aromatic carbocycles. The third-order valence-corrected chi connectivity index (χ3v) is 2.04. The van der Waals surface area contributed by atoms with Crippen LogP contribution in [0.5, 0.6) is 0 Å². The molecule has 0 N–H and O–H groups in total. The zero-order valence-corrected chi connectivity index (χ0v) is 10.4. The summed E-state index contributed by atoms with van der Waals surface area (Å²) in [6.45, 7) is 16.4. The van der Waals surface area contributed by atoms with E-state index in [-0.39, 0.29) is 0 Å². The molecular formula is C11H28N2. The van der Waals surface area contributed by atoms with Gasteiger partial charge in [-0.3, -0.25) is 0 Å². The molecule has 0 unspecified atom stereocenters. The molecule has 1 saturated heterocycles. The Morgan fingerprint density at radius 2 is 1.23 bits per heavy atom. The Morgan fingerprint density at radius 3 is 1.54 bits per heavy atom. The summed E-state index contributed by atoms with van der Waals surface area (Å²) in [7, 11) is 2.19. The zero-order chi connectivity index (χ0) is 10.7. The van der Waals surface area contributed by atoms with Crippen LogP contribution < -0.4 is 0 Å². The largest absolute Gasteiger partial charge is 0.304 e. The van der Waals surface area contributed by atoms with Crippen LogP contribution >= 0.6 is 0 Å². The number of nitrogens with zero attached hydrogens (tertiary/aromatic N) is 2. The fourth-order valence-corrected chi connectivity index (χ4v) is 1.16. The molecule has 1 rings (SSSR count). The van der Waals surface area contributed by atoms with Crippen molar-refractivity contribution in [1.82, 2.24) is 9.80 Å². The predicted octanol–water partition coefficient (Wildman–Crippen LogP) is 2.31. The van der Waals surface area contributed by atoms with Crippen LogP contribution in [0.2, 0.25) is 0 Å². The second-order valence-corrected chi connectivity index (χ2v) is 2.74. The van der Waals surface area contributed by atoms with Crippen molar-refractivity contribution < 1.29 is 0 Å². The van der Waals surface area contributed by atoms with Gasteiger partial charge >= 0.3 is 0 Å². The summed E-state index contributed by atoms with van der Waals surface area (Å²) in [5.74, 6) is 0. The van der Waals surface area contributed by atoms with Crippen molar-refractivity contribution in [2.75, 3.05) is 39.8 Å². The zero-order valence-electron chi connectivity index (χ0n) is 10.4. The van der Waals surface area contributed by atoms with Gasteiger partial charge < -0.3 is 9.80 Å². The van der Waals surface area contributed by atoms with Crippen molar-refractivity contribution in [1.29, 1.82) is 0 Å². The van der Waals surface area contributed by atoms with Crippen molar-refractivity contribution in [3.8, 4) is 0 Å². The Kier molecular flexibility index (Phi) is 14.1. The van der Waals surface area contributed by atoms with E-state index in [0.29, 0.717) is 0 Å². The summed E-state index contributed by atoms with van der Waals surface area (Å²) in [4.78, 5) is 4.87. The van der Waals surface area contributed by atoms with Gasteiger partial charge in [0.05, 0.1) is 0 Å². The maximum absolute atomic E-state index is 2.49. The molecule has 82 valence electrons. The van der Waals surface area contributed by atoms with Crippen LogP contribution in [0, 0.1) is 0 Å². The highest BCUT2D eigenvalue weighted by Crippen LogP contribution is 1.96. The molecule has 13 heavy (non-hydrogen) atoms. The van der Waals surface area contributed by atoms with Crippen molar-refractivity contribution in [3.05, 3.63) is 0 Å². The van der Waals surface area contributed by atoms with E-state index in [9.17, 15) is 0 Å². The van der Waals surface area contributed by atoms with E-state index in [1.165, 1.54) is 32.7 Å². The first-order valence-corrected chi connectivity index (χ1v) is 5.74. The van der Waals surface area contributed by atoms with Gasteiger partial charge in [0.1, 0.15) is 0 Å². The van der Waals surface area contributed by atoms with Gasteiger partial charge in [0.2, 0.25) is 0 Å². The highest BCUT2D eigenvalue weighted by atomic mass is 15.2. The number of hydrogen-bond donors (Lipinski definition) is 0. The lowest BCUT2D eigenvalue weighted by Crippen LogP contribution is -2.44. The fraction of sp³-hybridized carbons (Fsp3) is 1.00. The molecule has 0 bridgehead atoms. The first-order chi connectivity index (χ1) is 6.33. The van der Waals surface area contributed by atoms with E-state index in [1.54, 1.807) is 0 Å². The monoisotopic (exact) mass is 188 g/mol. The number of piperazine rings is 1. The molecule has 0 spiro atoms. The first kappa shape index (κ1) is 15.4. The SMILES string of the molecule is CC.CC.CCN1CCN(C)CC1. The van der Waals surface area contributed by atoms with Crippen molar-refractivity contribution in [3.63, 3.8) is 0 Å². The minimum Gasteiger partial charge on any atom is -0.304 e. The second kappa shape index (κ2) is 11.9. The van der Waals surface area contributed by atoms with Gasteiger partial charge in [0.25, 0.3) is 0 Å². The van der Waals surface area contributed by atoms with Crippen molar-refractivity contribution in [2.24, 2.45) is 0 Å². The lowest BCUT2D eigenvalue weighted by Gasteiger charge is -2.31. The number of hydrogen-bond acceptors (Lipinski definition) is 2. The molecule has 0 atom stereocenters. The van der Waals surface area contributed by atoms with Gasteiger partial charge in [-0.05, 0) is 13.6 Å². The lowest BCUT2D eigenvalue weighted by molar-refractivity contribution is 0.160. The molecule has 2 heteroatoms. The van der Waals surface area contributed by atoms with E-state index in [2.05, 4.69) is 23.8 Å². The normalized spacial score (nSPS) is 18.0. The lowest BCUT2D eigenvalue weighted by atomic mass is 10.3. The summed E-state index contributed by atoms with van der Waals surface area (Å²) in [6, 6.07) is 0. The van der Waals surface area contributed by atoms with Gasteiger partial charge in [-0.1, -0.05) is 34.6 Å². The Labute approximate surface area is 84.9 Å². The minimum atomic E-state index is 1.22. The molecule has 0 aliphatic carbocycles. The molecule has 1 aliphatic rings. The van der Waals surface area contributed by atoms with E-state index in [4.69, 9.17) is 0 Å². The third-order valence-electron chi connectivity index (χ3n) is 2.04. The quantitative estimate of drug-likeness (QED) is 0.623. The van der Waals surface area contributed by atoms with Crippen molar-refractivity contribution >= 4 is 0 Å². The van der Waals surface area contributed by atoms with E-state index in [0.717, 1.165) is 0 Å². The second-order valence-electron chi connectivity index (χ2n) is 2.74. The first-order valence-electron chi connectivity index (χ1n) is 5.74. The van der Waals surface area contributed by atoms with E-state index in [1.807, 2.05) is 27.7 Å². The van der Waals surface area contributed by atoms with Crippen LogP contribution in [-0.2, 0) is 0 Å². The molecule has 0 radical (unpaired) electrons. The van der Waals surface area contributed by atoms with Crippen molar-refractivity contribution in [2.45, 2.75) is 34.6 Å². The molecular weight excluding hydrogens is 160 g/mol. The highest BCUT2D eigenvalue weighted by Gasteiger charge is 2.10. The summed E-state index contributed by atoms with van der Waals surface area (Å²) >= 11 is 0. The smallest absolute Gasteiger partial charge is 0.0110 e. The maximum atomic E-state index is 2.49. The Balaban J connectivity index is 0. The predicted molar refractivity (Wildman–Crippen MR) is 62.3 cm³/mol. The summed E-state index contributed by atoms with van der Waals surface area (Å²) < 4.78 is 0. The van der Waals surface area contributed by atoms with Gasteiger partial charge in [-0.2, -0.15) is 0 Å². The van der Waals surface area contributed by atoms with Crippen LogP contribution in [0.3, 0.4) is 0 Å². The van der Waals surface area contributed by atoms with Crippen LogP contribution in [0.15, 0.2) is 0 Å². The van der Waals surface area contributed by atoms with Gasteiger partial charge in [0, 0.05) is 26.2 Å². The minimum absolute atomic E-state index is 1.22. The van der Waals surface area contributed by atoms with Crippen LogP contribution in [0.4, 0.5) is 0 Å². The molecule has 0 aromatic heterocycles. The molecule has 0 aromatic rings. The summed E-state index contributed by atoms with van der Waals surface area (Å²) in [5.41, 5.74) is 0. The molecule has 0 amide bonds. The summed E-state index contributed by atoms with van der Waals surface area (Å²) in [6.07, 6.45) is 0. The molecule has 1 heterocycles. The van der Waals surface area contributed by atoms with Gasteiger partial charge in [-0.25, -0.2) is 0 Å². The maximum Gasteiger partial charge on any atom is 0.0110 e. The topological polar surface area (TPSA) is 6.48 Å². The fourth-order valence-electron chi connectivity index (χ4n) is 1.16.